The molecule has 5 nitrogen and oxygen atoms in total. The number of methoxy groups -OCH3 is 1. The number of hydrogen-bond donors (Lipinski definition) is 3. The van der Waals surface area contributed by atoms with E-state index in [9.17, 15) is 20.1 Å². The van der Waals surface area contributed by atoms with Gasteiger partial charge >= 0.3 is 5.97 Å². The lowest BCUT2D eigenvalue weighted by Crippen LogP contribution is -2.08. The highest BCUT2D eigenvalue weighted by molar-refractivity contribution is 5.96. The molecule has 0 aromatic heterocycles. The van der Waals surface area contributed by atoms with Gasteiger partial charge in [-0.1, -0.05) is 78.1 Å². The van der Waals surface area contributed by atoms with E-state index >= 15 is 0 Å². The molecule has 29 heavy (non-hydrogen) atoms. The SMILES string of the molecule is CCCCCCCCc1c(O)c(O)c(C(=O)O)c(OC)c1CCCCCCCC. The van der Waals surface area contributed by atoms with Crippen molar-refractivity contribution in [2.24, 2.45) is 0 Å². The van der Waals surface area contributed by atoms with Crippen LogP contribution in [0, 0.1) is 0 Å². The second kappa shape index (κ2) is 14.1. The lowest BCUT2D eigenvalue weighted by Gasteiger charge is -2.19. The van der Waals surface area contributed by atoms with Gasteiger partial charge in [-0.05, 0) is 25.7 Å². The van der Waals surface area contributed by atoms with Crippen LogP contribution in [0.5, 0.6) is 17.2 Å². The molecule has 1 aromatic carbocycles. The third-order valence-corrected chi connectivity index (χ3v) is 5.59. The van der Waals surface area contributed by atoms with Crippen molar-refractivity contribution in [2.75, 3.05) is 7.11 Å². The van der Waals surface area contributed by atoms with E-state index < -0.39 is 11.7 Å². The molecule has 0 radical (unpaired) electrons. The maximum atomic E-state index is 11.7. The number of hydrogen-bond acceptors (Lipinski definition) is 4. The van der Waals surface area contributed by atoms with Crippen molar-refractivity contribution in [3.8, 4) is 17.2 Å². The van der Waals surface area contributed by atoms with Crippen LogP contribution < -0.4 is 4.74 Å². The van der Waals surface area contributed by atoms with Crippen molar-refractivity contribution < 1.29 is 24.9 Å². The van der Waals surface area contributed by atoms with Crippen LogP contribution in [0.2, 0.25) is 0 Å². The third-order valence-electron chi connectivity index (χ3n) is 5.59. The Bertz CT molecular complexity index is 624. The summed E-state index contributed by atoms with van der Waals surface area (Å²) in [6.07, 6.45) is 14.8. The number of aromatic hydroxyl groups is 2. The minimum Gasteiger partial charge on any atom is -0.504 e. The summed E-state index contributed by atoms with van der Waals surface area (Å²) in [6.45, 7) is 4.37. The second-order valence-electron chi connectivity index (χ2n) is 7.90. The fourth-order valence-electron chi connectivity index (χ4n) is 3.92. The van der Waals surface area contributed by atoms with E-state index in [4.69, 9.17) is 4.74 Å². The highest BCUT2D eigenvalue weighted by Gasteiger charge is 2.27. The van der Waals surface area contributed by atoms with Gasteiger partial charge in [-0.25, -0.2) is 4.79 Å². The number of aromatic carboxylic acids is 1. The van der Waals surface area contributed by atoms with E-state index in [-0.39, 0.29) is 17.1 Å². The summed E-state index contributed by atoms with van der Waals surface area (Å²) in [5.74, 6) is -1.97. The van der Waals surface area contributed by atoms with Crippen LogP contribution >= 0.6 is 0 Å². The number of carboxylic acid groups (broad SMARTS) is 1. The van der Waals surface area contributed by atoms with Gasteiger partial charge in [0.15, 0.2) is 11.5 Å². The van der Waals surface area contributed by atoms with Crippen molar-refractivity contribution in [1.29, 1.82) is 0 Å². The van der Waals surface area contributed by atoms with E-state index in [1.807, 2.05) is 0 Å². The molecule has 0 spiro atoms. The molecule has 5 heteroatoms. The Kier molecular flexibility index (Phi) is 12.2. The molecule has 166 valence electrons. The first-order valence-corrected chi connectivity index (χ1v) is 11.4. The molecule has 0 amide bonds. The zero-order chi connectivity index (χ0) is 21.6. The smallest absolute Gasteiger partial charge is 0.343 e. The first-order chi connectivity index (χ1) is 14.0. The predicted octanol–water partition coefficient (Wildman–Crippen LogP) is 6.61. The zero-order valence-corrected chi connectivity index (χ0v) is 18.6. The first kappa shape index (κ1) is 25.1. The summed E-state index contributed by atoms with van der Waals surface area (Å²) in [6, 6.07) is 0. The fraction of sp³-hybridized carbons (Fsp3) is 0.708. The molecule has 0 aliphatic carbocycles. The third kappa shape index (κ3) is 7.79. The van der Waals surface area contributed by atoms with Crippen molar-refractivity contribution in [3.05, 3.63) is 16.7 Å². The molecule has 0 aliphatic heterocycles. The lowest BCUT2D eigenvalue weighted by atomic mass is 9.91. The predicted molar refractivity (Wildman–Crippen MR) is 117 cm³/mol. The van der Waals surface area contributed by atoms with Gasteiger partial charge in [-0.3, -0.25) is 0 Å². The number of phenolic OH excluding ortho intramolecular Hbond substituents is 1. The molecule has 0 fully saturated rings. The summed E-state index contributed by atoms with van der Waals surface area (Å²) in [7, 11) is 1.43. The van der Waals surface area contributed by atoms with Crippen molar-refractivity contribution in [3.63, 3.8) is 0 Å². The van der Waals surface area contributed by atoms with Crippen LogP contribution in [0.4, 0.5) is 0 Å². The van der Waals surface area contributed by atoms with E-state index in [0.717, 1.165) is 44.1 Å². The van der Waals surface area contributed by atoms with Gasteiger partial charge in [0, 0.05) is 11.1 Å². The number of unbranched alkanes of at least 4 members (excludes halogenated alkanes) is 10. The molecule has 0 saturated heterocycles. The Labute approximate surface area is 176 Å². The average Bonchev–Trinajstić information content (AvgIpc) is 2.70. The molecule has 0 heterocycles. The highest BCUT2D eigenvalue weighted by Crippen LogP contribution is 2.44. The van der Waals surface area contributed by atoms with Crippen molar-refractivity contribution in [2.45, 2.75) is 104 Å². The van der Waals surface area contributed by atoms with Crippen LogP contribution in [-0.4, -0.2) is 28.4 Å². The maximum Gasteiger partial charge on any atom is 0.343 e. The number of benzene rings is 1. The number of phenols is 2. The lowest BCUT2D eigenvalue weighted by molar-refractivity contribution is 0.0688. The molecule has 0 atom stereocenters. The normalized spacial score (nSPS) is 11.0. The molecule has 3 N–H and O–H groups in total. The summed E-state index contributed by atoms with van der Waals surface area (Å²) in [5.41, 5.74) is 1.05. The summed E-state index contributed by atoms with van der Waals surface area (Å²) in [5, 5.41) is 30.4. The summed E-state index contributed by atoms with van der Waals surface area (Å²) in [4.78, 5) is 11.7. The molecule has 1 aromatic rings. The highest BCUT2D eigenvalue weighted by atomic mass is 16.5. The standard InChI is InChI=1S/C24H40O5/c1-4-6-8-10-12-14-16-18-19(17-15-13-11-9-7-5-2)23(29-3)20(24(27)28)22(26)21(18)25/h25-26H,4-17H2,1-3H3,(H,27,28). The quantitative estimate of drug-likeness (QED) is 0.212. The van der Waals surface area contributed by atoms with Gasteiger partial charge in [0.25, 0.3) is 0 Å². The Morgan fingerprint density at radius 2 is 1.17 bits per heavy atom. The van der Waals surface area contributed by atoms with Gasteiger partial charge in [-0.2, -0.15) is 0 Å². The van der Waals surface area contributed by atoms with E-state index in [2.05, 4.69) is 13.8 Å². The van der Waals surface area contributed by atoms with Gasteiger partial charge in [0.1, 0.15) is 11.3 Å². The van der Waals surface area contributed by atoms with Crippen LogP contribution in [0.1, 0.15) is 112 Å². The average molecular weight is 409 g/mol. The summed E-state index contributed by atoms with van der Waals surface area (Å²) >= 11 is 0. The number of carboxylic acids is 1. The Morgan fingerprint density at radius 1 is 0.724 bits per heavy atom. The number of carbonyl (C=O) groups is 1. The first-order valence-electron chi connectivity index (χ1n) is 11.4. The zero-order valence-electron chi connectivity index (χ0n) is 18.6. The molecular weight excluding hydrogens is 368 g/mol. The molecule has 1 rings (SSSR count). The topological polar surface area (TPSA) is 87.0 Å². The molecule has 0 saturated carbocycles. The van der Waals surface area contributed by atoms with E-state index in [1.165, 1.54) is 45.6 Å². The van der Waals surface area contributed by atoms with Crippen molar-refractivity contribution in [1.82, 2.24) is 0 Å². The minimum absolute atomic E-state index is 0.197. The van der Waals surface area contributed by atoms with Crippen LogP contribution in [0.3, 0.4) is 0 Å². The van der Waals surface area contributed by atoms with Crippen LogP contribution in [-0.2, 0) is 12.8 Å². The Morgan fingerprint density at radius 3 is 1.62 bits per heavy atom. The second-order valence-corrected chi connectivity index (χ2v) is 7.90. The maximum absolute atomic E-state index is 11.7. The van der Waals surface area contributed by atoms with E-state index in [1.54, 1.807) is 0 Å². The minimum atomic E-state index is -1.29. The molecule has 0 aliphatic rings. The largest absolute Gasteiger partial charge is 0.504 e. The van der Waals surface area contributed by atoms with Crippen molar-refractivity contribution >= 4 is 5.97 Å². The van der Waals surface area contributed by atoms with Crippen LogP contribution in [0.15, 0.2) is 0 Å². The van der Waals surface area contributed by atoms with Gasteiger partial charge in [0.2, 0.25) is 0 Å². The van der Waals surface area contributed by atoms with Gasteiger partial charge in [-0.15, -0.1) is 0 Å². The Balaban J connectivity index is 2.99. The monoisotopic (exact) mass is 408 g/mol. The van der Waals surface area contributed by atoms with Crippen LogP contribution in [0.25, 0.3) is 0 Å². The number of ether oxygens (including phenoxy) is 1. The van der Waals surface area contributed by atoms with Gasteiger partial charge < -0.3 is 20.1 Å². The number of rotatable bonds is 16. The molecular formula is C24H40O5. The van der Waals surface area contributed by atoms with Gasteiger partial charge in [0.05, 0.1) is 7.11 Å². The van der Waals surface area contributed by atoms with E-state index in [0.29, 0.717) is 18.4 Å². The molecule has 0 unspecified atom stereocenters. The molecule has 0 bridgehead atoms. The fourth-order valence-corrected chi connectivity index (χ4v) is 3.92. The summed E-state index contributed by atoms with van der Waals surface area (Å²) < 4.78 is 5.42. The Hall–Kier alpha value is -1.91.